The predicted molar refractivity (Wildman–Crippen MR) is 129 cm³/mol. The zero-order valence-electron chi connectivity index (χ0n) is 18.6. The molecule has 9 heteroatoms. The van der Waals surface area contributed by atoms with Crippen LogP contribution in [0.15, 0.2) is 65.3 Å². The van der Waals surface area contributed by atoms with Gasteiger partial charge < -0.3 is 14.2 Å². The third-order valence-corrected chi connectivity index (χ3v) is 6.45. The van der Waals surface area contributed by atoms with E-state index in [4.69, 9.17) is 16.0 Å². The average Bonchev–Trinajstić information content (AvgIpc) is 3.37. The number of carbonyl (C=O) groups is 3. The van der Waals surface area contributed by atoms with Crippen molar-refractivity contribution in [3.05, 3.63) is 77.2 Å². The summed E-state index contributed by atoms with van der Waals surface area (Å²) in [6.07, 6.45) is 1.48. The van der Waals surface area contributed by atoms with Crippen molar-refractivity contribution >= 4 is 46.4 Å². The summed E-state index contributed by atoms with van der Waals surface area (Å²) >= 11 is 6.22. The molecular weight excluding hydrogens is 456 g/mol. The molecule has 3 amide bonds. The molecule has 1 aromatic heterocycles. The molecule has 0 bridgehead atoms. The summed E-state index contributed by atoms with van der Waals surface area (Å²) in [6, 6.07) is 15.6. The highest BCUT2D eigenvalue weighted by molar-refractivity contribution is 6.31. The zero-order chi connectivity index (χ0) is 23.8. The lowest BCUT2D eigenvalue weighted by Crippen LogP contribution is -2.51. The van der Waals surface area contributed by atoms with Crippen molar-refractivity contribution in [3.63, 3.8) is 0 Å². The van der Waals surface area contributed by atoms with E-state index in [1.165, 1.54) is 11.2 Å². The fourth-order valence-corrected chi connectivity index (χ4v) is 4.59. The molecule has 0 N–H and O–H groups in total. The number of amides is 3. The van der Waals surface area contributed by atoms with Crippen molar-refractivity contribution in [2.24, 2.45) is 0 Å². The van der Waals surface area contributed by atoms with Gasteiger partial charge in [0, 0.05) is 38.2 Å². The minimum atomic E-state index is -0.209. The van der Waals surface area contributed by atoms with Crippen LogP contribution in [0.1, 0.15) is 20.9 Å². The van der Waals surface area contributed by atoms with E-state index in [9.17, 15) is 14.4 Å². The fraction of sp³-hybridized carbons (Fsp3) is 0.240. The van der Waals surface area contributed by atoms with E-state index in [1.54, 1.807) is 65.4 Å². The van der Waals surface area contributed by atoms with E-state index in [1.807, 2.05) is 11.0 Å². The highest BCUT2D eigenvalue weighted by atomic mass is 35.5. The van der Waals surface area contributed by atoms with Gasteiger partial charge in [0.15, 0.2) is 5.76 Å². The largest absolute Gasteiger partial charge is 0.459 e. The maximum absolute atomic E-state index is 13.7. The number of anilines is 3. The minimum absolute atomic E-state index is 0.148. The smallest absolute Gasteiger partial charge is 0.289 e. The summed E-state index contributed by atoms with van der Waals surface area (Å²) in [5.41, 5.74) is 2.15. The van der Waals surface area contributed by atoms with Crippen LogP contribution in [-0.4, -0.2) is 67.3 Å². The molecular formula is C25H23ClN4O4. The molecule has 0 radical (unpaired) electrons. The van der Waals surface area contributed by atoms with Gasteiger partial charge in [-0.2, -0.15) is 0 Å². The number of fused-ring (bicyclic) bond motifs is 2. The van der Waals surface area contributed by atoms with Crippen molar-refractivity contribution < 1.29 is 18.8 Å². The second-order valence-corrected chi connectivity index (χ2v) is 8.73. The van der Waals surface area contributed by atoms with Gasteiger partial charge in [0.2, 0.25) is 5.91 Å². The van der Waals surface area contributed by atoms with Gasteiger partial charge in [0.1, 0.15) is 0 Å². The molecule has 3 heterocycles. The first-order valence-electron chi connectivity index (χ1n) is 11.0. The van der Waals surface area contributed by atoms with Gasteiger partial charge in [0.25, 0.3) is 11.8 Å². The van der Waals surface area contributed by atoms with Crippen LogP contribution >= 0.6 is 11.6 Å². The van der Waals surface area contributed by atoms with Crippen LogP contribution in [0.3, 0.4) is 0 Å². The van der Waals surface area contributed by atoms with Gasteiger partial charge in [-0.05, 0) is 42.5 Å². The van der Waals surface area contributed by atoms with Gasteiger partial charge in [0.05, 0.1) is 35.4 Å². The normalized spacial score (nSPS) is 16.2. The van der Waals surface area contributed by atoms with E-state index in [2.05, 4.69) is 0 Å². The van der Waals surface area contributed by atoms with E-state index in [-0.39, 0.29) is 24.3 Å². The summed E-state index contributed by atoms with van der Waals surface area (Å²) in [5.74, 6) is -0.205. The molecule has 2 aromatic carbocycles. The Morgan fingerprint density at radius 1 is 0.941 bits per heavy atom. The molecule has 3 aromatic rings. The van der Waals surface area contributed by atoms with E-state index < -0.39 is 0 Å². The number of halogens is 1. The predicted octanol–water partition coefficient (Wildman–Crippen LogP) is 3.65. The van der Waals surface area contributed by atoms with Gasteiger partial charge in [-0.1, -0.05) is 23.7 Å². The Bertz CT molecular complexity index is 1250. The molecule has 0 atom stereocenters. The Labute approximate surface area is 201 Å². The third-order valence-electron chi connectivity index (χ3n) is 6.22. The molecule has 2 aliphatic rings. The fourth-order valence-electron chi connectivity index (χ4n) is 4.42. The van der Waals surface area contributed by atoms with Crippen molar-refractivity contribution in [3.8, 4) is 0 Å². The first kappa shape index (κ1) is 22.2. The number of hydrogen-bond donors (Lipinski definition) is 0. The number of carbonyl (C=O) groups excluding carboxylic acids is 3. The lowest BCUT2D eigenvalue weighted by Gasteiger charge is -2.35. The Balaban J connectivity index is 1.39. The maximum atomic E-state index is 13.7. The van der Waals surface area contributed by atoms with Crippen molar-refractivity contribution in [2.75, 3.05) is 49.6 Å². The van der Waals surface area contributed by atoms with Crippen LogP contribution in [0.25, 0.3) is 0 Å². The molecule has 0 spiro atoms. The first-order chi connectivity index (χ1) is 16.4. The summed E-state index contributed by atoms with van der Waals surface area (Å²) < 4.78 is 5.22. The molecule has 0 saturated carbocycles. The Morgan fingerprint density at radius 3 is 2.44 bits per heavy atom. The number of rotatable bonds is 3. The van der Waals surface area contributed by atoms with Crippen LogP contribution in [0.2, 0.25) is 5.02 Å². The molecule has 34 heavy (non-hydrogen) atoms. The Kier molecular flexibility index (Phi) is 5.85. The maximum Gasteiger partial charge on any atom is 0.289 e. The molecule has 5 rings (SSSR count). The summed E-state index contributed by atoms with van der Waals surface area (Å²) in [7, 11) is 1.68. The standard InChI is InChI=1S/C25H23ClN4O4/c1-27-21-15-17(26)8-9-20(21)30(19-6-3-2-5-18(19)24(27)32)23(31)16-28-10-12-29(13-11-28)25(33)22-7-4-14-34-22/h2-9,14-15H,10-13,16H2,1H3. The van der Waals surface area contributed by atoms with Crippen molar-refractivity contribution in [2.45, 2.75) is 0 Å². The van der Waals surface area contributed by atoms with Gasteiger partial charge in [-0.15, -0.1) is 0 Å². The molecule has 174 valence electrons. The van der Waals surface area contributed by atoms with Crippen molar-refractivity contribution in [1.29, 1.82) is 0 Å². The summed E-state index contributed by atoms with van der Waals surface area (Å²) in [4.78, 5) is 46.2. The molecule has 1 saturated heterocycles. The van der Waals surface area contributed by atoms with Crippen LogP contribution in [0.5, 0.6) is 0 Å². The number of para-hydroxylation sites is 1. The second-order valence-electron chi connectivity index (χ2n) is 8.29. The van der Waals surface area contributed by atoms with Crippen LogP contribution in [0.4, 0.5) is 17.1 Å². The summed E-state index contributed by atoms with van der Waals surface area (Å²) in [5, 5.41) is 0.481. The molecule has 0 unspecified atom stereocenters. The lowest BCUT2D eigenvalue weighted by atomic mass is 10.1. The lowest BCUT2D eigenvalue weighted by molar-refractivity contribution is -0.119. The van der Waals surface area contributed by atoms with Crippen LogP contribution < -0.4 is 9.80 Å². The highest BCUT2D eigenvalue weighted by Gasteiger charge is 2.33. The van der Waals surface area contributed by atoms with Crippen molar-refractivity contribution in [1.82, 2.24) is 9.80 Å². The minimum Gasteiger partial charge on any atom is -0.459 e. The van der Waals surface area contributed by atoms with E-state index >= 15 is 0 Å². The topological polar surface area (TPSA) is 77.3 Å². The zero-order valence-corrected chi connectivity index (χ0v) is 19.4. The van der Waals surface area contributed by atoms with E-state index in [0.717, 1.165) is 0 Å². The second kappa shape index (κ2) is 8.96. The quantitative estimate of drug-likeness (QED) is 0.574. The van der Waals surface area contributed by atoms with Crippen LogP contribution in [-0.2, 0) is 4.79 Å². The number of furan rings is 1. The third kappa shape index (κ3) is 3.95. The molecule has 8 nitrogen and oxygen atoms in total. The number of piperazine rings is 1. The van der Waals surface area contributed by atoms with Gasteiger partial charge in [-0.25, -0.2) is 0 Å². The van der Waals surface area contributed by atoms with E-state index in [0.29, 0.717) is 59.6 Å². The highest BCUT2D eigenvalue weighted by Crippen LogP contribution is 2.41. The summed E-state index contributed by atoms with van der Waals surface area (Å²) in [6.45, 7) is 2.25. The monoisotopic (exact) mass is 478 g/mol. The Hall–Kier alpha value is -3.62. The molecule has 1 fully saturated rings. The average molecular weight is 479 g/mol. The number of nitrogens with zero attached hydrogens (tertiary/aromatic N) is 4. The number of hydrogen-bond acceptors (Lipinski definition) is 5. The van der Waals surface area contributed by atoms with Gasteiger partial charge in [-0.3, -0.25) is 24.2 Å². The SMILES string of the molecule is CN1C(=O)c2ccccc2N(C(=O)CN2CCN(C(=O)c3ccco3)CC2)c2ccc(Cl)cc21. The Morgan fingerprint density at radius 2 is 1.71 bits per heavy atom. The molecule has 0 aliphatic carbocycles. The number of benzene rings is 2. The first-order valence-corrected chi connectivity index (χ1v) is 11.4. The van der Waals surface area contributed by atoms with Gasteiger partial charge >= 0.3 is 0 Å². The molecule has 2 aliphatic heterocycles. The van der Waals surface area contributed by atoms with Crippen LogP contribution in [0, 0.1) is 0 Å².